The van der Waals surface area contributed by atoms with Gasteiger partial charge in [-0.1, -0.05) is 0 Å². The number of aliphatic carboxylic acids is 1. The van der Waals surface area contributed by atoms with Crippen LogP contribution in [-0.4, -0.2) is 46.8 Å². The molecule has 0 bridgehead atoms. The Morgan fingerprint density at radius 2 is 1.97 bits per heavy atom. The topological polar surface area (TPSA) is 88.4 Å². The third kappa shape index (κ3) is 5.80. The normalized spacial score (nSPS) is 16.1. The van der Waals surface area contributed by atoms with Crippen molar-refractivity contribution in [1.29, 1.82) is 0 Å². The van der Waals surface area contributed by atoms with Crippen molar-refractivity contribution in [2.45, 2.75) is 13.8 Å². The average Bonchev–Trinajstić information content (AvgIpc) is 3.03. The van der Waals surface area contributed by atoms with Crippen LogP contribution >= 0.6 is 34.4 Å². The van der Waals surface area contributed by atoms with E-state index in [4.69, 9.17) is 14.6 Å². The Labute approximate surface area is 202 Å². The van der Waals surface area contributed by atoms with Crippen molar-refractivity contribution >= 4 is 63.2 Å². The van der Waals surface area contributed by atoms with Crippen LogP contribution in [0.4, 0.5) is 10.1 Å². The van der Waals surface area contributed by atoms with E-state index in [-0.39, 0.29) is 11.7 Å². The predicted molar refractivity (Wildman–Crippen MR) is 130 cm³/mol. The van der Waals surface area contributed by atoms with Gasteiger partial charge >= 0.3 is 5.97 Å². The number of aliphatic imine (C=N–C) groups is 1. The number of hydrogen-bond donors (Lipinski definition) is 1. The molecule has 1 aliphatic rings. The Kier molecular flexibility index (Phi) is 8.13. The van der Waals surface area contributed by atoms with Crippen molar-refractivity contribution in [3.8, 4) is 11.5 Å². The number of carboxylic acids is 1. The van der Waals surface area contributed by atoms with Gasteiger partial charge in [-0.05, 0) is 96.2 Å². The van der Waals surface area contributed by atoms with Gasteiger partial charge in [0.15, 0.2) is 23.3 Å². The molecule has 1 aliphatic heterocycles. The molecule has 0 unspecified atom stereocenters. The number of rotatable bonds is 8. The third-order valence-electron chi connectivity index (χ3n) is 4.23. The number of benzene rings is 2. The fourth-order valence-corrected chi connectivity index (χ4v) is 4.70. The second kappa shape index (κ2) is 10.8. The number of amides is 1. The zero-order chi connectivity index (χ0) is 23.3. The Morgan fingerprint density at radius 1 is 1.25 bits per heavy atom. The molecular formula is C22H20FIN2O5S. The maximum Gasteiger partial charge on any atom is 0.341 e. The molecule has 168 valence electrons. The molecule has 32 heavy (non-hydrogen) atoms. The highest BCUT2D eigenvalue weighted by molar-refractivity contribution is 14.1. The smallest absolute Gasteiger partial charge is 0.341 e. The second-order valence-electron chi connectivity index (χ2n) is 6.48. The molecule has 1 heterocycles. The van der Waals surface area contributed by atoms with E-state index in [0.29, 0.717) is 49.5 Å². The summed E-state index contributed by atoms with van der Waals surface area (Å²) >= 11 is 3.27. The summed E-state index contributed by atoms with van der Waals surface area (Å²) in [7, 11) is 0. The first-order valence-electron chi connectivity index (χ1n) is 9.69. The number of carbonyl (C=O) groups is 2. The summed E-state index contributed by atoms with van der Waals surface area (Å²) in [6, 6.07) is 9.23. The maximum absolute atomic E-state index is 13.2. The third-order valence-corrected chi connectivity index (χ3v) is 6.03. The van der Waals surface area contributed by atoms with E-state index in [2.05, 4.69) is 4.99 Å². The van der Waals surface area contributed by atoms with Gasteiger partial charge < -0.3 is 14.6 Å². The Bertz CT molecular complexity index is 1090. The van der Waals surface area contributed by atoms with E-state index >= 15 is 0 Å². The fourth-order valence-electron chi connectivity index (χ4n) is 2.86. The number of nitrogens with zero attached hydrogens (tertiary/aromatic N) is 2. The van der Waals surface area contributed by atoms with Crippen molar-refractivity contribution in [1.82, 2.24) is 4.90 Å². The van der Waals surface area contributed by atoms with E-state index in [0.717, 1.165) is 0 Å². The van der Waals surface area contributed by atoms with Gasteiger partial charge in [0.2, 0.25) is 0 Å². The summed E-state index contributed by atoms with van der Waals surface area (Å²) in [5.74, 6) is -0.883. The van der Waals surface area contributed by atoms with Crippen LogP contribution in [0.15, 0.2) is 46.3 Å². The number of ether oxygens (including phenoxy) is 2. The molecule has 1 N–H and O–H groups in total. The lowest BCUT2D eigenvalue weighted by atomic mass is 10.2. The molecule has 1 saturated heterocycles. The monoisotopic (exact) mass is 570 g/mol. The number of likely N-dealkylation sites (N-methyl/N-ethyl adjacent to an activating group) is 1. The second-order valence-corrected chi connectivity index (χ2v) is 8.65. The molecule has 1 amide bonds. The van der Waals surface area contributed by atoms with Crippen LogP contribution < -0.4 is 9.47 Å². The highest BCUT2D eigenvalue weighted by atomic mass is 127. The van der Waals surface area contributed by atoms with Crippen LogP contribution in [0.1, 0.15) is 19.4 Å². The highest BCUT2D eigenvalue weighted by Gasteiger charge is 2.32. The van der Waals surface area contributed by atoms with Gasteiger partial charge in [-0.15, -0.1) is 0 Å². The Morgan fingerprint density at radius 3 is 2.59 bits per heavy atom. The van der Waals surface area contributed by atoms with Crippen LogP contribution in [0.3, 0.4) is 0 Å². The SMILES string of the molecule is CCOc1cc(/C=C2/SC(=Nc3ccc(F)cc3)N(CC)C2=O)cc(I)c1OCC(=O)O. The maximum atomic E-state index is 13.2. The molecule has 0 aliphatic carbocycles. The minimum atomic E-state index is -1.09. The molecular weight excluding hydrogens is 550 g/mol. The van der Waals surface area contributed by atoms with Gasteiger partial charge in [-0.25, -0.2) is 14.2 Å². The number of hydrogen-bond acceptors (Lipinski definition) is 6. The molecule has 3 rings (SSSR count). The van der Waals surface area contributed by atoms with Crippen LogP contribution in [0.2, 0.25) is 0 Å². The lowest BCUT2D eigenvalue weighted by molar-refractivity contribution is -0.139. The summed E-state index contributed by atoms with van der Waals surface area (Å²) in [4.78, 5) is 30.3. The molecule has 7 nitrogen and oxygen atoms in total. The van der Waals surface area contributed by atoms with Gasteiger partial charge in [0.1, 0.15) is 5.82 Å². The van der Waals surface area contributed by atoms with Crippen molar-refractivity contribution in [2.75, 3.05) is 19.8 Å². The summed E-state index contributed by atoms with van der Waals surface area (Å²) < 4.78 is 24.8. The van der Waals surface area contributed by atoms with Crippen molar-refractivity contribution in [3.05, 3.63) is 56.3 Å². The largest absolute Gasteiger partial charge is 0.490 e. The minimum Gasteiger partial charge on any atom is -0.490 e. The first kappa shape index (κ1) is 24.1. The standard InChI is InChI=1S/C22H20FIN2O5S/c1-3-26-21(29)18(32-22(26)25-15-7-5-14(23)6-8-15)11-13-9-16(24)20(31-12-19(27)28)17(10-13)30-4-2/h5-11H,3-4,12H2,1-2H3,(H,27,28)/b18-11+,25-22?. The number of amidine groups is 1. The zero-order valence-corrected chi connectivity index (χ0v) is 20.3. The summed E-state index contributed by atoms with van der Waals surface area (Å²) in [6.07, 6.45) is 1.73. The molecule has 2 aromatic carbocycles. The van der Waals surface area contributed by atoms with E-state index < -0.39 is 12.6 Å². The van der Waals surface area contributed by atoms with Crippen molar-refractivity contribution < 1.29 is 28.6 Å². The first-order valence-corrected chi connectivity index (χ1v) is 11.6. The van der Waals surface area contributed by atoms with Crippen LogP contribution in [0.5, 0.6) is 11.5 Å². The highest BCUT2D eigenvalue weighted by Crippen LogP contribution is 2.38. The van der Waals surface area contributed by atoms with Crippen LogP contribution in [-0.2, 0) is 9.59 Å². The van der Waals surface area contributed by atoms with E-state index in [1.807, 2.05) is 36.4 Å². The molecule has 2 aromatic rings. The van der Waals surface area contributed by atoms with Gasteiger partial charge in [-0.3, -0.25) is 9.69 Å². The average molecular weight is 570 g/mol. The summed E-state index contributed by atoms with van der Waals surface area (Å²) in [6.45, 7) is 3.98. The molecule has 0 radical (unpaired) electrons. The van der Waals surface area contributed by atoms with Crippen LogP contribution in [0.25, 0.3) is 6.08 Å². The van der Waals surface area contributed by atoms with Gasteiger partial charge in [0.25, 0.3) is 5.91 Å². The van der Waals surface area contributed by atoms with Gasteiger partial charge in [0, 0.05) is 6.54 Å². The van der Waals surface area contributed by atoms with E-state index in [1.54, 1.807) is 35.2 Å². The van der Waals surface area contributed by atoms with Crippen molar-refractivity contribution in [2.24, 2.45) is 4.99 Å². The molecule has 0 spiro atoms. The minimum absolute atomic E-state index is 0.183. The Hall–Kier alpha value is -2.60. The zero-order valence-electron chi connectivity index (χ0n) is 17.3. The predicted octanol–water partition coefficient (Wildman–Crippen LogP) is 4.92. The number of carboxylic acid groups (broad SMARTS) is 1. The van der Waals surface area contributed by atoms with Crippen molar-refractivity contribution in [3.63, 3.8) is 0 Å². The summed E-state index contributed by atoms with van der Waals surface area (Å²) in [5, 5.41) is 9.41. The quantitative estimate of drug-likeness (QED) is 0.359. The number of thioether (sulfide) groups is 1. The first-order chi connectivity index (χ1) is 15.3. The van der Waals surface area contributed by atoms with Gasteiger partial charge in [0.05, 0.1) is 20.8 Å². The summed E-state index contributed by atoms with van der Waals surface area (Å²) in [5.41, 5.74) is 1.25. The Balaban J connectivity index is 1.93. The lowest BCUT2D eigenvalue weighted by Gasteiger charge is -2.14. The molecule has 10 heteroatoms. The molecule has 0 atom stereocenters. The van der Waals surface area contributed by atoms with E-state index in [1.165, 1.54) is 23.9 Å². The number of halogens is 2. The van der Waals surface area contributed by atoms with Crippen LogP contribution in [0, 0.1) is 9.39 Å². The lowest BCUT2D eigenvalue weighted by Crippen LogP contribution is -2.28. The molecule has 0 aromatic heterocycles. The molecule has 0 saturated carbocycles. The van der Waals surface area contributed by atoms with E-state index in [9.17, 15) is 14.0 Å². The number of carbonyl (C=O) groups excluding carboxylic acids is 1. The molecule has 1 fully saturated rings. The fraction of sp³-hybridized carbons (Fsp3) is 0.227. The van der Waals surface area contributed by atoms with Gasteiger partial charge in [-0.2, -0.15) is 0 Å².